The van der Waals surface area contributed by atoms with Crippen LogP contribution in [0.1, 0.15) is 32.8 Å². The summed E-state index contributed by atoms with van der Waals surface area (Å²) in [6.45, 7) is 8.05. The summed E-state index contributed by atoms with van der Waals surface area (Å²) in [7, 11) is 0. The highest BCUT2D eigenvalue weighted by Crippen LogP contribution is 2.22. The van der Waals surface area contributed by atoms with E-state index < -0.39 is 11.4 Å². The molecule has 0 aliphatic heterocycles. The summed E-state index contributed by atoms with van der Waals surface area (Å²) in [5, 5.41) is 0. The van der Waals surface area contributed by atoms with Crippen molar-refractivity contribution in [2.75, 3.05) is 13.1 Å². The highest BCUT2D eigenvalue weighted by molar-refractivity contribution is 5.85. The van der Waals surface area contributed by atoms with Gasteiger partial charge in [0.2, 0.25) is 5.91 Å². The van der Waals surface area contributed by atoms with Gasteiger partial charge in [0.05, 0.1) is 0 Å². The average Bonchev–Trinajstić information content (AvgIpc) is 2.39. The van der Waals surface area contributed by atoms with Crippen LogP contribution in [0.15, 0.2) is 30.3 Å². The van der Waals surface area contributed by atoms with Gasteiger partial charge in [-0.25, -0.2) is 0 Å². The van der Waals surface area contributed by atoms with Gasteiger partial charge in [0.1, 0.15) is 5.54 Å². The second-order valence-corrected chi connectivity index (χ2v) is 5.17. The number of benzene rings is 1. The van der Waals surface area contributed by atoms with Gasteiger partial charge in [0, 0.05) is 12.6 Å². The van der Waals surface area contributed by atoms with Gasteiger partial charge >= 0.3 is 0 Å². The van der Waals surface area contributed by atoms with Crippen LogP contribution in [-0.4, -0.2) is 29.9 Å². The van der Waals surface area contributed by atoms with E-state index in [0.29, 0.717) is 12.5 Å². The zero-order valence-electron chi connectivity index (χ0n) is 12.1. The fraction of sp³-hybridized carbons (Fsp3) is 0.533. The summed E-state index contributed by atoms with van der Waals surface area (Å²) in [5.74, 6) is -0.474. The zero-order valence-corrected chi connectivity index (χ0v) is 12.1. The molecule has 1 aromatic rings. The van der Waals surface area contributed by atoms with Crippen molar-refractivity contribution in [3.05, 3.63) is 35.9 Å². The SMILES string of the molecule is CCN(CCC(N)(C(N)=O)c1ccccc1)C(C)C. The fourth-order valence-electron chi connectivity index (χ4n) is 2.25. The second-order valence-electron chi connectivity index (χ2n) is 5.17. The van der Waals surface area contributed by atoms with Crippen LogP contribution in [0.5, 0.6) is 0 Å². The Morgan fingerprint density at radius 1 is 1.32 bits per heavy atom. The predicted molar refractivity (Wildman–Crippen MR) is 78.5 cm³/mol. The van der Waals surface area contributed by atoms with E-state index in [1.165, 1.54) is 0 Å². The van der Waals surface area contributed by atoms with Crippen LogP contribution >= 0.6 is 0 Å². The molecule has 1 atom stereocenters. The molecule has 0 aliphatic carbocycles. The average molecular weight is 263 g/mol. The minimum atomic E-state index is -1.09. The maximum atomic E-state index is 11.8. The van der Waals surface area contributed by atoms with Gasteiger partial charge in [0.25, 0.3) is 0 Å². The minimum Gasteiger partial charge on any atom is -0.368 e. The normalized spacial score (nSPS) is 14.6. The number of nitrogens with zero attached hydrogens (tertiary/aromatic N) is 1. The van der Waals surface area contributed by atoms with Crippen molar-refractivity contribution in [2.45, 2.75) is 38.8 Å². The van der Waals surface area contributed by atoms with Crippen molar-refractivity contribution < 1.29 is 4.79 Å². The largest absolute Gasteiger partial charge is 0.368 e. The van der Waals surface area contributed by atoms with Crippen LogP contribution in [0.4, 0.5) is 0 Å². The summed E-state index contributed by atoms with van der Waals surface area (Å²) in [6, 6.07) is 9.79. The Balaban J connectivity index is 2.87. The first-order valence-electron chi connectivity index (χ1n) is 6.80. The molecule has 106 valence electrons. The molecule has 0 spiro atoms. The molecule has 19 heavy (non-hydrogen) atoms. The molecular weight excluding hydrogens is 238 g/mol. The number of nitrogens with two attached hydrogens (primary N) is 2. The van der Waals surface area contributed by atoms with Crippen LogP contribution in [0.2, 0.25) is 0 Å². The lowest BCUT2D eigenvalue weighted by Crippen LogP contribution is -2.51. The van der Waals surface area contributed by atoms with Crippen molar-refractivity contribution in [3.8, 4) is 0 Å². The third-order valence-corrected chi connectivity index (χ3v) is 3.66. The lowest BCUT2D eigenvalue weighted by molar-refractivity contribution is -0.123. The molecule has 0 aliphatic rings. The number of primary amides is 1. The third kappa shape index (κ3) is 3.78. The van der Waals surface area contributed by atoms with E-state index in [2.05, 4.69) is 25.7 Å². The molecule has 0 radical (unpaired) electrons. The van der Waals surface area contributed by atoms with E-state index in [9.17, 15) is 4.79 Å². The van der Waals surface area contributed by atoms with Crippen molar-refractivity contribution >= 4 is 5.91 Å². The number of carbonyl (C=O) groups is 1. The molecule has 4 N–H and O–H groups in total. The van der Waals surface area contributed by atoms with E-state index in [0.717, 1.165) is 18.7 Å². The van der Waals surface area contributed by atoms with Crippen molar-refractivity contribution in [1.82, 2.24) is 4.90 Å². The Morgan fingerprint density at radius 2 is 1.89 bits per heavy atom. The molecule has 0 aromatic heterocycles. The van der Waals surface area contributed by atoms with Crippen LogP contribution in [0.25, 0.3) is 0 Å². The van der Waals surface area contributed by atoms with E-state index in [-0.39, 0.29) is 0 Å². The van der Waals surface area contributed by atoms with Gasteiger partial charge in [-0.2, -0.15) is 0 Å². The van der Waals surface area contributed by atoms with E-state index in [1.807, 2.05) is 30.3 Å². The molecule has 1 rings (SSSR count). The summed E-state index contributed by atoms with van der Waals surface area (Å²) < 4.78 is 0. The van der Waals surface area contributed by atoms with Gasteiger partial charge in [-0.15, -0.1) is 0 Å². The van der Waals surface area contributed by atoms with Gasteiger partial charge in [0.15, 0.2) is 0 Å². The Morgan fingerprint density at radius 3 is 2.32 bits per heavy atom. The van der Waals surface area contributed by atoms with Crippen LogP contribution in [-0.2, 0) is 10.3 Å². The maximum absolute atomic E-state index is 11.8. The monoisotopic (exact) mass is 263 g/mol. The lowest BCUT2D eigenvalue weighted by Gasteiger charge is -2.31. The standard InChI is InChI=1S/C15H25N3O/c1-4-18(12(2)3)11-10-15(17,14(16)19)13-8-6-5-7-9-13/h5-9,12H,4,10-11,17H2,1-3H3,(H2,16,19). The molecule has 4 nitrogen and oxygen atoms in total. The number of hydrogen-bond donors (Lipinski definition) is 2. The van der Waals surface area contributed by atoms with Crippen molar-refractivity contribution in [1.29, 1.82) is 0 Å². The van der Waals surface area contributed by atoms with Crippen LogP contribution in [0.3, 0.4) is 0 Å². The van der Waals surface area contributed by atoms with Crippen molar-refractivity contribution in [2.24, 2.45) is 11.5 Å². The molecule has 1 amide bonds. The molecule has 0 fully saturated rings. The summed E-state index contributed by atoms with van der Waals surface area (Å²) in [6.07, 6.45) is 0.526. The molecule has 1 unspecified atom stereocenters. The number of carbonyl (C=O) groups excluding carboxylic acids is 1. The van der Waals surface area contributed by atoms with Crippen LogP contribution < -0.4 is 11.5 Å². The van der Waals surface area contributed by atoms with E-state index in [1.54, 1.807) is 0 Å². The zero-order chi connectivity index (χ0) is 14.5. The van der Waals surface area contributed by atoms with Gasteiger partial charge in [-0.3, -0.25) is 4.79 Å². The third-order valence-electron chi connectivity index (χ3n) is 3.66. The highest BCUT2D eigenvalue weighted by atomic mass is 16.1. The topological polar surface area (TPSA) is 72.3 Å². The van der Waals surface area contributed by atoms with Crippen molar-refractivity contribution in [3.63, 3.8) is 0 Å². The van der Waals surface area contributed by atoms with E-state index in [4.69, 9.17) is 11.5 Å². The summed E-state index contributed by atoms with van der Waals surface area (Å²) >= 11 is 0. The Kier molecular flexibility index (Phi) is 5.51. The van der Waals surface area contributed by atoms with Gasteiger partial charge < -0.3 is 16.4 Å². The van der Waals surface area contributed by atoms with E-state index >= 15 is 0 Å². The Labute approximate surface area is 115 Å². The second kappa shape index (κ2) is 6.68. The molecule has 0 saturated heterocycles. The molecule has 0 heterocycles. The lowest BCUT2D eigenvalue weighted by atomic mass is 9.86. The predicted octanol–water partition coefficient (Wildman–Crippen LogP) is 1.45. The number of hydrogen-bond acceptors (Lipinski definition) is 3. The first-order valence-corrected chi connectivity index (χ1v) is 6.80. The quantitative estimate of drug-likeness (QED) is 0.782. The summed E-state index contributed by atoms with van der Waals surface area (Å²) in [4.78, 5) is 14.0. The maximum Gasteiger partial charge on any atom is 0.242 e. The molecule has 4 heteroatoms. The Bertz CT molecular complexity index is 405. The number of rotatable bonds is 7. The molecule has 1 aromatic carbocycles. The molecule has 0 saturated carbocycles. The van der Waals surface area contributed by atoms with Gasteiger partial charge in [-0.1, -0.05) is 37.3 Å². The fourth-order valence-corrected chi connectivity index (χ4v) is 2.25. The van der Waals surface area contributed by atoms with Gasteiger partial charge in [-0.05, 0) is 32.4 Å². The minimum absolute atomic E-state index is 0.429. The number of amides is 1. The molecular formula is C15H25N3O. The summed E-state index contributed by atoms with van der Waals surface area (Å²) in [5.41, 5.74) is 11.5. The first-order chi connectivity index (χ1) is 8.91. The first kappa shape index (κ1) is 15.7. The molecule has 0 bridgehead atoms. The smallest absolute Gasteiger partial charge is 0.242 e. The highest BCUT2D eigenvalue weighted by Gasteiger charge is 2.34. The Hall–Kier alpha value is -1.39. The van der Waals surface area contributed by atoms with Crippen LogP contribution in [0, 0.1) is 0 Å².